The Morgan fingerprint density at radius 3 is 2.06 bits per heavy atom. The lowest BCUT2D eigenvalue weighted by molar-refractivity contribution is 0.407. The van der Waals surface area contributed by atoms with Gasteiger partial charge in [0.05, 0.1) is 13.3 Å². The molecule has 0 amide bonds. The van der Waals surface area contributed by atoms with Gasteiger partial charge in [-0.05, 0) is 63.2 Å². The Labute approximate surface area is 98.2 Å². The molecule has 0 unspecified atom stereocenters. The van der Waals surface area contributed by atoms with E-state index in [1.165, 1.54) is 22.3 Å². The highest BCUT2D eigenvalue weighted by molar-refractivity contribution is 5.49. The highest BCUT2D eigenvalue weighted by Gasteiger charge is 2.15. The summed E-state index contributed by atoms with van der Waals surface area (Å²) in [4.78, 5) is 0. The van der Waals surface area contributed by atoms with E-state index < -0.39 is 0 Å². The molecule has 0 radical (unpaired) electrons. The number of benzene rings is 1. The van der Waals surface area contributed by atoms with Gasteiger partial charge in [0.25, 0.3) is 0 Å². The largest absolute Gasteiger partial charge is 0.496 e. The van der Waals surface area contributed by atoms with E-state index in [4.69, 9.17) is 4.74 Å². The minimum Gasteiger partial charge on any atom is -0.496 e. The van der Waals surface area contributed by atoms with E-state index >= 15 is 0 Å². The van der Waals surface area contributed by atoms with Gasteiger partial charge in [0.1, 0.15) is 5.75 Å². The SMILES string of the molecule is CNC(NC)c1cc(C)c(OC)c(C)c1C. The van der Waals surface area contributed by atoms with Crippen LogP contribution in [0.2, 0.25) is 0 Å². The number of methoxy groups -OCH3 is 1. The van der Waals surface area contributed by atoms with Crippen LogP contribution >= 0.6 is 0 Å². The molecule has 0 saturated heterocycles. The summed E-state index contributed by atoms with van der Waals surface area (Å²) in [6, 6.07) is 2.18. The molecule has 1 aromatic carbocycles. The Kier molecular flexibility index (Phi) is 4.33. The summed E-state index contributed by atoms with van der Waals surface area (Å²) in [5.74, 6) is 0.993. The van der Waals surface area contributed by atoms with E-state index in [-0.39, 0.29) is 6.17 Å². The minimum absolute atomic E-state index is 0.184. The van der Waals surface area contributed by atoms with E-state index in [0.717, 1.165) is 5.75 Å². The second-order valence-corrected chi connectivity index (χ2v) is 4.08. The molecular weight excluding hydrogens is 200 g/mol. The Morgan fingerprint density at radius 2 is 1.62 bits per heavy atom. The Balaban J connectivity index is 3.32. The Hall–Kier alpha value is -1.06. The number of ether oxygens (including phenoxy) is 1. The summed E-state index contributed by atoms with van der Waals surface area (Å²) in [6.07, 6.45) is 0.184. The van der Waals surface area contributed by atoms with Gasteiger partial charge >= 0.3 is 0 Å². The van der Waals surface area contributed by atoms with Gasteiger partial charge in [-0.3, -0.25) is 0 Å². The standard InChI is InChI=1S/C13H22N2O/c1-8-7-11(13(14-4)15-5)9(2)10(3)12(8)16-6/h7,13-15H,1-6H3. The molecule has 16 heavy (non-hydrogen) atoms. The molecular formula is C13H22N2O. The lowest BCUT2D eigenvalue weighted by Gasteiger charge is -2.22. The predicted molar refractivity (Wildman–Crippen MR) is 68.1 cm³/mol. The Bertz CT molecular complexity index is 371. The summed E-state index contributed by atoms with van der Waals surface area (Å²) in [7, 11) is 5.63. The van der Waals surface area contributed by atoms with Crippen molar-refractivity contribution in [1.29, 1.82) is 0 Å². The van der Waals surface area contributed by atoms with Crippen LogP contribution in [0.1, 0.15) is 28.4 Å². The molecule has 0 aromatic heterocycles. The van der Waals surface area contributed by atoms with Crippen LogP contribution < -0.4 is 15.4 Å². The lowest BCUT2D eigenvalue weighted by atomic mass is 9.97. The molecule has 0 atom stereocenters. The summed E-state index contributed by atoms with van der Waals surface area (Å²) in [5, 5.41) is 6.50. The molecule has 0 heterocycles. The van der Waals surface area contributed by atoms with Gasteiger partial charge in [-0.1, -0.05) is 0 Å². The van der Waals surface area contributed by atoms with E-state index in [1.54, 1.807) is 7.11 Å². The van der Waals surface area contributed by atoms with Crippen LogP contribution in [0.3, 0.4) is 0 Å². The third-order valence-electron chi connectivity index (χ3n) is 3.16. The number of hydrogen-bond acceptors (Lipinski definition) is 3. The summed E-state index contributed by atoms with van der Waals surface area (Å²) >= 11 is 0. The highest BCUT2D eigenvalue weighted by atomic mass is 16.5. The van der Waals surface area contributed by atoms with Crippen molar-refractivity contribution < 1.29 is 4.74 Å². The van der Waals surface area contributed by atoms with Crippen molar-refractivity contribution in [2.45, 2.75) is 26.9 Å². The maximum absolute atomic E-state index is 5.42. The van der Waals surface area contributed by atoms with Crippen molar-refractivity contribution in [3.05, 3.63) is 28.3 Å². The second kappa shape index (κ2) is 5.32. The fraction of sp³-hybridized carbons (Fsp3) is 0.538. The van der Waals surface area contributed by atoms with E-state index in [9.17, 15) is 0 Å². The number of hydrogen-bond donors (Lipinski definition) is 2. The average molecular weight is 222 g/mol. The molecule has 90 valence electrons. The first-order valence-corrected chi connectivity index (χ1v) is 5.56. The Morgan fingerprint density at radius 1 is 1.06 bits per heavy atom. The monoisotopic (exact) mass is 222 g/mol. The fourth-order valence-corrected chi connectivity index (χ4v) is 2.16. The van der Waals surface area contributed by atoms with Crippen LogP contribution in [-0.4, -0.2) is 21.2 Å². The first kappa shape index (κ1) is 13.0. The summed E-state index contributed by atoms with van der Waals surface area (Å²) in [6.45, 7) is 6.32. The predicted octanol–water partition coefficient (Wildman–Crippen LogP) is 2.06. The van der Waals surface area contributed by atoms with Crippen LogP contribution in [0.5, 0.6) is 5.75 Å². The van der Waals surface area contributed by atoms with Gasteiger partial charge in [0.2, 0.25) is 0 Å². The van der Waals surface area contributed by atoms with E-state index in [2.05, 4.69) is 37.5 Å². The molecule has 0 fully saturated rings. The highest BCUT2D eigenvalue weighted by Crippen LogP contribution is 2.30. The molecule has 1 aromatic rings. The normalized spacial score (nSPS) is 10.9. The lowest BCUT2D eigenvalue weighted by Crippen LogP contribution is -2.29. The molecule has 0 saturated carbocycles. The molecule has 3 nitrogen and oxygen atoms in total. The molecule has 0 spiro atoms. The second-order valence-electron chi connectivity index (χ2n) is 4.08. The van der Waals surface area contributed by atoms with E-state index in [1.807, 2.05) is 14.1 Å². The maximum Gasteiger partial charge on any atom is 0.124 e. The van der Waals surface area contributed by atoms with Gasteiger partial charge < -0.3 is 15.4 Å². The maximum atomic E-state index is 5.42. The fourth-order valence-electron chi connectivity index (χ4n) is 2.16. The van der Waals surface area contributed by atoms with Crippen molar-refractivity contribution in [3.63, 3.8) is 0 Å². The zero-order valence-corrected chi connectivity index (χ0v) is 11.1. The van der Waals surface area contributed by atoms with Gasteiger partial charge in [-0.2, -0.15) is 0 Å². The van der Waals surface area contributed by atoms with Crippen LogP contribution in [0.15, 0.2) is 6.07 Å². The average Bonchev–Trinajstić information content (AvgIpc) is 2.27. The van der Waals surface area contributed by atoms with Crippen LogP contribution in [-0.2, 0) is 0 Å². The van der Waals surface area contributed by atoms with Crippen LogP contribution in [0.4, 0.5) is 0 Å². The molecule has 1 rings (SSSR count). The minimum atomic E-state index is 0.184. The third-order valence-corrected chi connectivity index (χ3v) is 3.16. The summed E-state index contributed by atoms with van der Waals surface area (Å²) < 4.78 is 5.42. The van der Waals surface area contributed by atoms with Crippen molar-refractivity contribution in [2.24, 2.45) is 0 Å². The molecule has 3 heteroatoms. The third kappa shape index (κ3) is 2.20. The first-order valence-electron chi connectivity index (χ1n) is 5.56. The van der Waals surface area contributed by atoms with E-state index in [0.29, 0.717) is 0 Å². The molecule has 2 N–H and O–H groups in total. The van der Waals surface area contributed by atoms with Gasteiger partial charge in [-0.15, -0.1) is 0 Å². The quantitative estimate of drug-likeness (QED) is 0.765. The van der Waals surface area contributed by atoms with Crippen LogP contribution in [0, 0.1) is 20.8 Å². The van der Waals surface area contributed by atoms with Gasteiger partial charge in [0.15, 0.2) is 0 Å². The first-order chi connectivity index (χ1) is 7.56. The smallest absolute Gasteiger partial charge is 0.124 e. The topological polar surface area (TPSA) is 33.3 Å². The zero-order valence-electron chi connectivity index (χ0n) is 11.1. The van der Waals surface area contributed by atoms with Crippen molar-refractivity contribution in [3.8, 4) is 5.75 Å². The number of rotatable bonds is 4. The van der Waals surface area contributed by atoms with Gasteiger partial charge in [0, 0.05) is 0 Å². The van der Waals surface area contributed by atoms with Gasteiger partial charge in [-0.25, -0.2) is 0 Å². The van der Waals surface area contributed by atoms with Crippen molar-refractivity contribution >= 4 is 0 Å². The van der Waals surface area contributed by atoms with Crippen molar-refractivity contribution in [2.75, 3.05) is 21.2 Å². The molecule has 0 aliphatic carbocycles. The van der Waals surface area contributed by atoms with Crippen molar-refractivity contribution in [1.82, 2.24) is 10.6 Å². The number of aryl methyl sites for hydroxylation is 1. The number of nitrogens with one attached hydrogen (secondary N) is 2. The molecule has 0 bridgehead atoms. The zero-order chi connectivity index (χ0) is 12.3. The molecule has 0 aliphatic rings. The summed E-state index contributed by atoms with van der Waals surface area (Å²) in [5.41, 5.74) is 4.95. The van der Waals surface area contributed by atoms with Crippen LogP contribution in [0.25, 0.3) is 0 Å². The molecule has 0 aliphatic heterocycles.